The Morgan fingerprint density at radius 1 is 0.914 bits per heavy atom. The van der Waals surface area contributed by atoms with Gasteiger partial charge in [-0.05, 0) is 40.5 Å². The van der Waals surface area contributed by atoms with E-state index >= 15 is 0 Å². The zero-order chi connectivity index (χ0) is 24.4. The van der Waals surface area contributed by atoms with Crippen molar-refractivity contribution in [3.8, 4) is 11.1 Å². The number of benzene rings is 3. The van der Waals surface area contributed by atoms with Crippen LogP contribution in [0.1, 0.15) is 27.4 Å². The van der Waals surface area contributed by atoms with Gasteiger partial charge in [0, 0.05) is 30.3 Å². The zero-order valence-electron chi connectivity index (χ0n) is 18.8. The molecule has 0 atom stereocenters. The molecular formula is C27H24N2O6. The number of fused-ring (bicyclic) bond motifs is 3. The average molecular weight is 472 g/mol. The van der Waals surface area contributed by atoms with Crippen LogP contribution in [-0.2, 0) is 14.3 Å². The second-order valence-corrected chi connectivity index (χ2v) is 8.57. The van der Waals surface area contributed by atoms with Crippen molar-refractivity contribution in [2.75, 3.05) is 31.6 Å². The first kappa shape index (κ1) is 22.6. The lowest BCUT2D eigenvalue weighted by molar-refractivity contribution is -0.147. The van der Waals surface area contributed by atoms with E-state index in [1.807, 2.05) is 24.3 Å². The Morgan fingerprint density at radius 3 is 2.23 bits per heavy atom. The van der Waals surface area contributed by atoms with Crippen LogP contribution in [0.25, 0.3) is 11.1 Å². The first-order valence-corrected chi connectivity index (χ1v) is 11.3. The molecule has 0 saturated carbocycles. The van der Waals surface area contributed by atoms with Gasteiger partial charge in [0.05, 0.1) is 6.10 Å². The number of carbonyl (C=O) groups is 3. The van der Waals surface area contributed by atoms with Gasteiger partial charge in [-0.1, -0.05) is 54.6 Å². The van der Waals surface area contributed by atoms with Crippen molar-refractivity contribution in [3.05, 3.63) is 89.5 Å². The lowest BCUT2D eigenvalue weighted by atomic mass is 9.98. The summed E-state index contributed by atoms with van der Waals surface area (Å²) < 4.78 is 10.8. The minimum atomic E-state index is -1.04. The average Bonchev–Trinajstić information content (AvgIpc) is 3.15. The normalized spacial score (nSPS) is 14.6. The third-order valence-electron chi connectivity index (χ3n) is 6.28. The topological polar surface area (TPSA) is 105 Å². The van der Waals surface area contributed by atoms with E-state index in [-0.39, 0.29) is 31.1 Å². The molecule has 0 aromatic heterocycles. The molecule has 0 spiro atoms. The van der Waals surface area contributed by atoms with Gasteiger partial charge in [0.2, 0.25) is 0 Å². The van der Waals surface area contributed by atoms with Crippen LogP contribution in [0.2, 0.25) is 0 Å². The lowest BCUT2D eigenvalue weighted by Crippen LogP contribution is -2.55. The Kier molecular flexibility index (Phi) is 6.20. The minimum absolute atomic E-state index is 0.0382. The predicted molar refractivity (Wildman–Crippen MR) is 128 cm³/mol. The molecule has 3 aromatic rings. The van der Waals surface area contributed by atoms with Crippen LogP contribution in [0.4, 0.5) is 10.5 Å². The number of hydrogen-bond acceptors (Lipinski definition) is 5. The molecule has 2 aliphatic rings. The Hall–Kier alpha value is -4.17. The molecule has 0 bridgehead atoms. The number of carboxylic acid groups (broad SMARTS) is 1. The summed E-state index contributed by atoms with van der Waals surface area (Å²) in [4.78, 5) is 37.4. The van der Waals surface area contributed by atoms with E-state index in [9.17, 15) is 14.4 Å². The molecule has 0 radical (unpaired) electrons. The molecule has 1 saturated heterocycles. The monoisotopic (exact) mass is 472 g/mol. The SMILES string of the molecule is O=C(O)COC1CN(C(=O)c2cccc(NC(=O)OCC3c4ccccc4-c4ccccc43)c2)C1. The number of nitrogens with one attached hydrogen (secondary N) is 1. The standard InChI is InChI=1S/C27H24N2O6/c30-25(31)16-34-19-13-29(14-19)26(32)17-6-5-7-18(12-17)28-27(33)35-15-24-22-10-3-1-8-20(22)21-9-2-4-11-23(21)24/h1-12,19,24H,13-16H2,(H,28,33)(H,30,31). The van der Waals surface area contributed by atoms with Gasteiger partial charge >= 0.3 is 12.1 Å². The molecule has 1 heterocycles. The summed E-state index contributed by atoms with van der Waals surface area (Å²) in [5, 5.41) is 11.4. The number of hydrogen-bond donors (Lipinski definition) is 2. The number of likely N-dealkylation sites (tertiary alicyclic amines) is 1. The molecule has 2 amide bonds. The first-order valence-electron chi connectivity index (χ1n) is 11.3. The van der Waals surface area contributed by atoms with Gasteiger partial charge in [0.1, 0.15) is 13.2 Å². The largest absolute Gasteiger partial charge is 0.480 e. The third kappa shape index (κ3) is 4.74. The van der Waals surface area contributed by atoms with Gasteiger partial charge in [-0.3, -0.25) is 10.1 Å². The van der Waals surface area contributed by atoms with E-state index in [1.165, 1.54) is 0 Å². The third-order valence-corrected chi connectivity index (χ3v) is 6.28. The van der Waals surface area contributed by atoms with Crippen molar-refractivity contribution in [3.63, 3.8) is 0 Å². The Balaban J connectivity index is 1.18. The maximum atomic E-state index is 12.7. The highest BCUT2D eigenvalue weighted by molar-refractivity contribution is 5.96. The van der Waals surface area contributed by atoms with Crippen LogP contribution in [0.5, 0.6) is 0 Å². The van der Waals surface area contributed by atoms with E-state index < -0.39 is 12.1 Å². The van der Waals surface area contributed by atoms with Gasteiger partial charge < -0.3 is 19.5 Å². The fourth-order valence-electron chi connectivity index (χ4n) is 4.56. The molecule has 178 valence electrons. The summed E-state index contributed by atoms with van der Waals surface area (Å²) in [7, 11) is 0. The maximum Gasteiger partial charge on any atom is 0.411 e. The minimum Gasteiger partial charge on any atom is -0.480 e. The van der Waals surface area contributed by atoms with Crippen molar-refractivity contribution in [2.45, 2.75) is 12.0 Å². The van der Waals surface area contributed by atoms with Gasteiger partial charge in [-0.15, -0.1) is 0 Å². The Morgan fingerprint density at radius 2 is 1.57 bits per heavy atom. The number of aliphatic carboxylic acids is 1. The fraction of sp³-hybridized carbons (Fsp3) is 0.222. The number of carbonyl (C=O) groups excluding carboxylic acids is 2. The van der Waals surface area contributed by atoms with Gasteiger partial charge in [0.25, 0.3) is 5.91 Å². The summed E-state index contributed by atoms with van der Waals surface area (Å²) in [6, 6.07) is 22.9. The number of carboxylic acids is 1. The number of rotatable bonds is 7. The predicted octanol–water partition coefficient (Wildman–Crippen LogP) is 3.97. The van der Waals surface area contributed by atoms with Gasteiger partial charge in [-0.25, -0.2) is 9.59 Å². The summed E-state index contributed by atoms with van der Waals surface area (Å²) in [5.41, 5.74) is 5.45. The van der Waals surface area contributed by atoms with Gasteiger partial charge in [0.15, 0.2) is 0 Å². The van der Waals surface area contributed by atoms with Crippen LogP contribution in [0, 0.1) is 0 Å². The van der Waals surface area contributed by atoms with Gasteiger partial charge in [-0.2, -0.15) is 0 Å². The van der Waals surface area contributed by atoms with Crippen molar-refractivity contribution in [1.82, 2.24) is 4.90 Å². The fourth-order valence-corrected chi connectivity index (χ4v) is 4.56. The Bertz CT molecular complexity index is 1240. The summed E-state index contributed by atoms with van der Waals surface area (Å²) in [6.45, 7) is 0.475. The highest BCUT2D eigenvalue weighted by Crippen LogP contribution is 2.44. The summed E-state index contributed by atoms with van der Waals surface area (Å²) in [5.74, 6) is -1.29. The lowest BCUT2D eigenvalue weighted by Gasteiger charge is -2.38. The second-order valence-electron chi connectivity index (χ2n) is 8.57. The Labute approximate surface area is 202 Å². The zero-order valence-corrected chi connectivity index (χ0v) is 18.8. The van der Waals surface area contributed by atoms with Crippen LogP contribution >= 0.6 is 0 Å². The molecule has 35 heavy (non-hydrogen) atoms. The molecule has 1 fully saturated rings. The van der Waals surface area contributed by atoms with Crippen LogP contribution in [-0.4, -0.2) is 60.4 Å². The summed E-state index contributed by atoms with van der Waals surface area (Å²) in [6.07, 6.45) is -0.875. The van der Waals surface area contributed by atoms with E-state index in [0.717, 1.165) is 22.3 Å². The molecule has 2 N–H and O–H groups in total. The first-order chi connectivity index (χ1) is 17.0. The van der Waals surface area contributed by atoms with E-state index in [2.05, 4.69) is 29.6 Å². The molecular weight excluding hydrogens is 448 g/mol. The molecule has 8 heteroatoms. The van der Waals surface area contributed by atoms with Crippen molar-refractivity contribution < 1.29 is 29.0 Å². The molecule has 1 aliphatic heterocycles. The van der Waals surface area contributed by atoms with E-state index in [1.54, 1.807) is 29.2 Å². The highest BCUT2D eigenvalue weighted by atomic mass is 16.5. The maximum absolute atomic E-state index is 12.7. The van der Waals surface area contributed by atoms with Crippen LogP contribution < -0.4 is 5.32 Å². The number of anilines is 1. The van der Waals surface area contributed by atoms with Crippen molar-refractivity contribution >= 4 is 23.7 Å². The molecule has 0 unspecified atom stereocenters. The second kappa shape index (κ2) is 9.60. The van der Waals surface area contributed by atoms with Crippen molar-refractivity contribution in [2.24, 2.45) is 0 Å². The van der Waals surface area contributed by atoms with E-state index in [0.29, 0.717) is 24.3 Å². The number of nitrogens with zero attached hydrogens (tertiary/aromatic N) is 1. The van der Waals surface area contributed by atoms with Crippen LogP contribution in [0.3, 0.4) is 0 Å². The molecule has 8 nitrogen and oxygen atoms in total. The van der Waals surface area contributed by atoms with E-state index in [4.69, 9.17) is 14.6 Å². The molecule has 3 aromatic carbocycles. The van der Waals surface area contributed by atoms with Crippen LogP contribution in [0.15, 0.2) is 72.8 Å². The quantitative estimate of drug-likeness (QED) is 0.539. The molecule has 1 aliphatic carbocycles. The highest BCUT2D eigenvalue weighted by Gasteiger charge is 2.32. The number of ether oxygens (including phenoxy) is 2. The summed E-state index contributed by atoms with van der Waals surface area (Å²) >= 11 is 0. The number of amides is 2. The smallest absolute Gasteiger partial charge is 0.411 e. The molecule has 5 rings (SSSR count). The van der Waals surface area contributed by atoms with Crippen molar-refractivity contribution in [1.29, 1.82) is 0 Å².